The molecule has 0 unspecified atom stereocenters. The Morgan fingerprint density at radius 2 is 2.24 bits per heavy atom. The van der Waals surface area contributed by atoms with Crippen molar-refractivity contribution in [2.45, 2.75) is 0 Å². The molecule has 0 aliphatic carbocycles. The summed E-state index contributed by atoms with van der Waals surface area (Å²) in [5, 5.41) is 2.73. The first kappa shape index (κ1) is 13.5. The van der Waals surface area contributed by atoms with Gasteiger partial charge in [0.1, 0.15) is 6.54 Å². The molecule has 1 amide bonds. The van der Waals surface area contributed by atoms with Gasteiger partial charge < -0.3 is 16.0 Å². The second-order valence-electron chi connectivity index (χ2n) is 3.63. The number of carbonyl (C=O) groups is 1. The fourth-order valence-electron chi connectivity index (χ4n) is 1.06. The van der Waals surface area contributed by atoms with Gasteiger partial charge in [-0.3, -0.25) is 4.79 Å². The molecule has 92 valence electrons. The summed E-state index contributed by atoms with van der Waals surface area (Å²) in [6.07, 6.45) is 0. The van der Waals surface area contributed by atoms with Crippen LogP contribution in [-0.2, 0) is 4.79 Å². The zero-order chi connectivity index (χ0) is 12.8. The lowest BCUT2D eigenvalue weighted by atomic mass is 10.3. The van der Waals surface area contributed by atoms with Gasteiger partial charge in [-0.05, 0) is 18.2 Å². The summed E-state index contributed by atoms with van der Waals surface area (Å²) in [5.74, 6) is 0.127. The van der Waals surface area contributed by atoms with Gasteiger partial charge in [0.2, 0.25) is 5.91 Å². The van der Waals surface area contributed by atoms with E-state index in [4.69, 9.17) is 5.73 Å². The molecule has 5 nitrogen and oxygen atoms in total. The minimum Gasteiger partial charge on any atom is -0.370 e. The number of hydrogen-bond acceptors (Lipinski definition) is 2. The quantitative estimate of drug-likeness (QED) is 0.652. The Morgan fingerprint density at radius 1 is 1.53 bits per heavy atom. The van der Waals surface area contributed by atoms with Crippen LogP contribution in [0.1, 0.15) is 0 Å². The van der Waals surface area contributed by atoms with Crippen molar-refractivity contribution in [2.75, 3.05) is 26.0 Å². The van der Waals surface area contributed by atoms with Gasteiger partial charge in [0, 0.05) is 24.3 Å². The second-order valence-corrected chi connectivity index (χ2v) is 4.54. The maximum absolute atomic E-state index is 11.5. The first-order valence-corrected chi connectivity index (χ1v) is 5.81. The molecule has 6 heteroatoms. The van der Waals surface area contributed by atoms with Gasteiger partial charge in [-0.25, -0.2) is 4.99 Å². The van der Waals surface area contributed by atoms with Gasteiger partial charge in [0.05, 0.1) is 0 Å². The Bertz CT molecular complexity index is 431. The number of hydrogen-bond donors (Lipinski definition) is 2. The highest BCUT2D eigenvalue weighted by Crippen LogP contribution is 2.15. The van der Waals surface area contributed by atoms with Crippen molar-refractivity contribution in [1.82, 2.24) is 4.90 Å². The Kier molecular flexibility index (Phi) is 4.96. The van der Waals surface area contributed by atoms with Crippen LogP contribution in [0.15, 0.2) is 33.7 Å². The molecule has 0 atom stereocenters. The molecular weight excluding hydrogens is 284 g/mol. The van der Waals surface area contributed by atoms with E-state index >= 15 is 0 Å². The Balaban J connectivity index is 2.53. The SMILES string of the molecule is CN(C)C(N)=NCC(=O)Nc1cccc(Br)c1. The Labute approximate surface area is 109 Å². The molecule has 1 rings (SSSR count). The number of nitrogens with two attached hydrogens (primary N) is 1. The average molecular weight is 299 g/mol. The van der Waals surface area contributed by atoms with E-state index in [1.807, 2.05) is 24.3 Å². The fraction of sp³-hybridized carbons (Fsp3) is 0.273. The summed E-state index contributed by atoms with van der Waals surface area (Å²) < 4.78 is 0.909. The summed E-state index contributed by atoms with van der Waals surface area (Å²) >= 11 is 3.33. The molecule has 0 heterocycles. The van der Waals surface area contributed by atoms with Crippen molar-refractivity contribution in [1.29, 1.82) is 0 Å². The van der Waals surface area contributed by atoms with E-state index in [2.05, 4.69) is 26.2 Å². The van der Waals surface area contributed by atoms with Crippen LogP contribution >= 0.6 is 15.9 Å². The van der Waals surface area contributed by atoms with Crippen molar-refractivity contribution < 1.29 is 4.79 Å². The summed E-state index contributed by atoms with van der Waals surface area (Å²) in [5.41, 5.74) is 6.30. The summed E-state index contributed by atoms with van der Waals surface area (Å²) in [6.45, 7) is 0.0104. The number of halogens is 1. The summed E-state index contributed by atoms with van der Waals surface area (Å²) in [4.78, 5) is 17.1. The average Bonchev–Trinajstić information content (AvgIpc) is 2.25. The van der Waals surface area contributed by atoms with Crippen LogP contribution in [-0.4, -0.2) is 37.4 Å². The number of guanidine groups is 1. The van der Waals surface area contributed by atoms with Gasteiger partial charge in [-0.1, -0.05) is 22.0 Å². The van der Waals surface area contributed by atoms with Crippen molar-refractivity contribution in [3.8, 4) is 0 Å². The topological polar surface area (TPSA) is 70.7 Å². The molecule has 0 spiro atoms. The molecule has 0 aromatic heterocycles. The Hall–Kier alpha value is -1.56. The number of rotatable bonds is 3. The monoisotopic (exact) mass is 298 g/mol. The number of carbonyl (C=O) groups excluding carboxylic acids is 1. The van der Waals surface area contributed by atoms with Crippen LogP contribution in [0.5, 0.6) is 0 Å². The van der Waals surface area contributed by atoms with E-state index in [-0.39, 0.29) is 12.5 Å². The van der Waals surface area contributed by atoms with Crippen LogP contribution < -0.4 is 11.1 Å². The molecule has 0 radical (unpaired) electrons. The van der Waals surface area contributed by atoms with Gasteiger partial charge in [-0.2, -0.15) is 0 Å². The highest BCUT2D eigenvalue weighted by molar-refractivity contribution is 9.10. The molecule has 0 aliphatic heterocycles. The van der Waals surface area contributed by atoms with Gasteiger partial charge in [0.25, 0.3) is 0 Å². The lowest BCUT2D eigenvalue weighted by Crippen LogP contribution is -2.31. The number of amides is 1. The summed E-state index contributed by atoms with van der Waals surface area (Å²) in [6, 6.07) is 7.35. The van der Waals surface area contributed by atoms with Crippen LogP contribution in [0.4, 0.5) is 5.69 Å². The van der Waals surface area contributed by atoms with Crippen LogP contribution in [0.2, 0.25) is 0 Å². The van der Waals surface area contributed by atoms with E-state index in [0.29, 0.717) is 5.96 Å². The number of nitrogens with one attached hydrogen (secondary N) is 1. The standard InChI is InChI=1S/C11H15BrN4O/c1-16(2)11(13)14-7-10(17)15-9-5-3-4-8(12)6-9/h3-6H,7H2,1-2H3,(H2,13,14)(H,15,17). The van der Waals surface area contributed by atoms with E-state index in [0.717, 1.165) is 10.2 Å². The third-order valence-corrected chi connectivity index (χ3v) is 2.44. The van der Waals surface area contributed by atoms with E-state index in [1.165, 1.54) is 0 Å². The van der Waals surface area contributed by atoms with Gasteiger partial charge in [-0.15, -0.1) is 0 Å². The third kappa shape index (κ3) is 4.86. The number of aliphatic imine (C=N–C) groups is 1. The normalized spacial score (nSPS) is 11.1. The maximum atomic E-state index is 11.5. The largest absolute Gasteiger partial charge is 0.370 e. The van der Waals surface area contributed by atoms with Crippen molar-refractivity contribution in [3.05, 3.63) is 28.7 Å². The molecule has 0 saturated carbocycles. The zero-order valence-corrected chi connectivity index (χ0v) is 11.4. The van der Waals surface area contributed by atoms with Crippen molar-refractivity contribution in [3.63, 3.8) is 0 Å². The lowest BCUT2D eigenvalue weighted by Gasteiger charge is -2.10. The maximum Gasteiger partial charge on any atom is 0.246 e. The second kappa shape index (κ2) is 6.24. The molecule has 0 saturated heterocycles. The molecule has 0 aliphatic rings. The minimum absolute atomic E-state index is 0.0104. The predicted molar refractivity (Wildman–Crippen MR) is 72.9 cm³/mol. The van der Waals surface area contributed by atoms with E-state index in [9.17, 15) is 4.79 Å². The number of anilines is 1. The highest BCUT2D eigenvalue weighted by atomic mass is 79.9. The van der Waals surface area contributed by atoms with E-state index in [1.54, 1.807) is 19.0 Å². The van der Waals surface area contributed by atoms with Crippen molar-refractivity contribution in [2.24, 2.45) is 10.7 Å². The molecule has 1 aromatic carbocycles. The number of benzene rings is 1. The first-order chi connectivity index (χ1) is 7.99. The molecule has 0 fully saturated rings. The van der Waals surface area contributed by atoms with Crippen molar-refractivity contribution >= 4 is 33.5 Å². The summed E-state index contributed by atoms with van der Waals surface area (Å²) in [7, 11) is 3.54. The van der Waals surface area contributed by atoms with E-state index < -0.39 is 0 Å². The molecule has 3 N–H and O–H groups in total. The highest BCUT2D eigenvalue weighted by Gasteiger charge is 2.02. The van der Waals surface area contributed by atoms with Gasteiger partial charge >= 0.3 is 0 Å². The Morgan fingerprint density at radius 3 is 2.82 bits per heavy atom. The number of nitrogens with zero attached hydrogens (tertiary/aromatic N) is 2. The van der Waals surface area contributed by atoms with Crippen LogP contribution in [0, 0.1) is 0 Å². The molecule has 0 bridgehead atoms. The van der Waals surface area contributed by atoms with Gasteiger partial charge in [0.15, 0.2) is 5.96 Å². The predicted octanol–water partition coefficient (Wildman–Crippen LogP) is 1.26. The fourth-order valence-corrected chi connectivity index (χ4v) is 1.46. The molecule has 17 heavy (non-hydrogen) atoms. The molecule has 1 aromatic rings. The van der Waals surface area contributed by atoms with Crippen LogP contribution in [0.25, 0.3) is 0 Å². The third-order valence-electron chi connectivity index (χ3n) is 1.95. The molecular formula is C11H15BrN4O. The lowest BCUT2D eigenvalue weighted by molar-refractivity contribution is -0.114. The minimum atomic E-state index is -0.201. The first-order valence-electron chi connectivity index (χ1n) is 5.01. The smallest absolute Gasteiger partial charge is 0.246 e. The van der Waals surface area contributed by atoms with Crippen LogP contribution in [0.3, 0.4) is 0 Å². The zero-order valence-electron chi connectivity index (χ0n) is 9.77.